The molecule has 138 valence electrons. The molecule has 0 radical (unpaired) electrons. The monoisotopic (exact) mass is 364 g/mol. The van der Waals surface area contributed by atoms with Gasteiger partial charge in [0.1, 0.15) is 5.75 Å². The second kappa shape index (κ2) is 8.34. The van der Waals surface area contributed by atoms with Crippen molar-refractivity contribution < 1.29 is 13.2 Å². The van der Waals surface area contributed by atoms with Gasteiger partial charge in [0.25, 0.3) is 0 Å². The van der Waals surface area contributed by atoms with Crippen molar-refractivity contribution in [3.05, 3.63) is 35.9 Å². The minimum absolute atomic E-state index is 0.461. The zero-order valence-corrected chi connectivity index (χ0v) is 15.7. The van der Waals surface area contributed by atoms with Crippen LogP contribution in [0.2, 0.25) is 0 Å². The van der Waals surface area contributed by atoms with Gasteiger partial charge in [-0.3, -0.25) is 0 Å². The first kappa shape index (κ1) is 18.4. The van der Waals surface area contributed by atoms with Crippen molar-refractivity contribution in [1.82, 2.24) is 9.62 Å². The average Bonchev–Trinajstić information content (AvgIpc) is 2.63. The summed E-state index contributed by atoms with van der Waals surface area (Å²) in [5, 5.41) is 3.39. The van der Waals surface area contributed by atoms with Gasteiger partial charge in [0.15, 0.2) is 0 Å². The highest BCUT2D eigenvalue weighted by molar-refractivity contribution is 7.88. The quantitative estimate of drug-likeness (QED) is 0.843. The van der Waals surface area contributed by atoms with Crippen LogP contribution in [-0.4, -0.2) is 51.8 Å². The number of rotatable bonds is 6. The van der Waals surface area contributed by atoms with Crippen LogP contribution in [0.15, 0.2) is 30.3 Å². The molecule has 0 aromatic heterocycles. The average molecular weight is 365 g/mol. The summed E-state index contributed by atoms with van der Waals surface area (Å²) in [7, 11) is -3.09. The highest BCUT2D eigenvalue weighted by atomic mass is 32.2. The Morgan fingerprint density at radius 2 is 1.92 bits per heavy atom. The van der Waals surface area contributed by atoms with Crippen LogP contribution in [0, 0.1) is 5.92 Å². The van der Waals surface area contributed by atoms with Crippen LogP contribution in [0.4, 0.5) is 0 Å². The SMILES string of the molecule is CS(=O)(=O)N1CC=C(c2ccc(OCCC3CCNCC3)cc2)CC1. The first-order valence-corrected chi connectivity index (χ1v) is 11.0. The molecular formula is C19H28N2O3S. The fraction of sp³-hybridized carbons (Fsp3) is 0.579. The van der Waals surface area contributed by atoms with Crippen molar-refractivity contribution in [2.45, 2.75) is 25.7 Å². The maximum Gasteiger partial charge on any atom is 0.211 e. The minimum atomic E-state index is -3.09. The maximum atomic E-state index is 11.6. The Hall–Kier alpha value is -1.37. The number of piperidine rings is 1. The number of hydrogen-bond donors (Lipinski definition) is 1. The number of nitrogens with zero attached hydrogens (tertiary/aromatic N) is 1. The molecule has 0 bridgehead atoms. The Labute approximate surface area is 151 Å². The van der Waals surface area contributed by atoms with Crippen molar-refractivity contribution in [2.24, 2.45) is 5.92 Å². The summed E-state index contributed by atoms with van der Waals surface area (Å²) in [5.74, 6) is 1.69. The van der Waals surface area contributed by atoms with Crippen LogP contribution >= 0.6 is 0 Å². The molecule has 3 rings (SSSR count). The van der Waals surface area contributed by atoms with Crippen LogP contribution in [0.25, 0.3) is 5.57 Å². The van der Waals surface area contributed by atoms with Crippen LogP contribution in [0.3, 0.4) is 0 Å². The van der Waals surface area contributed by atoms with E-state index < -0.39 is 10.0 Å². The predicted octanol–water partition coefficient (Wildman–Crippen LogP) is 2.50. The maximum absolute atomic E-state index is 11.6. The second-order valence-corrected chi connectivity index (χ2v) is 8.94. The first-order chi connectivity index (χ1) is 12.0. The lowest BCUT2D eigenvalue weighted by molar-refractivity contribution is 0.252. The minimum Gasteiger partial charge on any atom is -0.494 e. The second-order valence-electron chi connectivity index (χ2n) is 6.96. The molecule has 2 aliphatic rings. The number of benzene rings is 1. The number of sulfonamides is 1. The summed E-state index contributed by atoms with van der Waals surface area (Å²) in [6, 6.07) is 8.17. The molecule has 2 aliphatic heterocycles. The lowest BCUT2D eigenvalue weighted by Gasteiger charge is -2.24. The zero-order valence-electron chi connectivity index (χ0n) is 14.9. The molecule has 1 aromatic rings. The summed E-state index contributed by atoms with van der Waals surface area (Å²) in [6.45, 7) is 4.05. The van der Waals surface area contributed by atoms with Gasteiger partial charge in [-0.05, 0) is 68.0 Å². The molecule has 0 amide bonds. The summed E-state index contributed by atoms with van der Waals surface area (Å²) < 4.78 is 30.5. The molecule has 25 heavy (non-hydrogen) atoms. The third kappa shape index (κ3) is 5.30. The largest absolute Gasteiger partial charge is 0.494 e. The zero-order chi connectivity index (χ0) is 17.7. The van der Waals surface area contributed by atoms with E-state index in [0.717, 1.165) is 49.8 Å². The molecule has 1 N–H and O–H groups in total. The Kier molecular flexibility index (Phi) is 6.15. The van der Waals surface area contributed by atoms with Gasteiger partial charge < -0.3 is 10.1 Å². The van der Waals surface area contributed by atoms with E-state index in [1.807, 2.05) is 18.2 Å². The Morgan fingerprint density at radius 3 is 2.52 bits per heavy atom. The van der Waals surface area contributed by atoms with Gasteiger partial charge in [0.05, 0.1) is 12.9 Å². The Morgan fingerprint density at radius 1 is 1.20 bits per heavy atom. The third-order valence-electron chi connectivity index (χ3n) is 5.12. The molecule has 0 spiro atoms. The van der Waals surface area contributed by atoms with Gasteiger partial charge in [-0.25, -0.2) is 8.42 Å². The van der Waals surface area contributed by atoms with E-state index in [1.165, 1.54) is 29.0 Å². The third-order valence-corrected chi connectivity index (χ3v) is 6.39. The van der Waals surface area contributed by atoms with Crippen LogP contribution < -0.4 is 10.1 Å². The lowest BCUT2D eigenvalue weighted by atomic mass is 9.95. The van der Waals surface area contributed by atoms with E-state index >= 15 is 0 Å². The topological polar surface area (TPSA) is 58.6 Å². The fourth-order valence-electron chi connectivity index (χ4n) is 3.49. The first-order valence-electron chi connectivity index (χ1n) is 9.10. The van der Waals surface area contributed by atoms with Crippen molar-refractivity contribution in [1.29, 1.82) is 0 Å². The summed E-state index contributed by atoms with van der Waals surface area (Å²) >= 11 is 0. The molecule has 6 heteroatoms. The molecule has 1 saturated heterocycles. The normalized spacial score (nSPS) is 20.3. The lowest BCUT2D eigenvalue weighted by Crippen LogP contribution is -2.33. The van der Waals surface area contributed by atoms with Crippen LogP contribution in [-0.2, 0) is 10.0 Å². The van der Waals surface area contributed by atoms with Crippen molar-refractivity contribution >= 4 is 15.6 Å². The number of ether oxygens (including phenoxy) is 1. The van der Waals surface area contributed by atoms with Crippen molar-refractivity contribution in [3.63, 3.8) is 0 Å². The highest BCUT2D eigenvalue weighted by Gasteiger charge is 2.20. The molecule has 5 nitrogen and oxygen atoms in total. The molecule has 0 unspecified atom stereocenters. The Balaban J connectivity index is 1.49. The molecule has 0 aliphatic carbocycles. The number of hydrogen-bond acceptors (Lipinski definition) is 4. The molecule has 0 saturated carbocycles. The molecule has 2 heterocycles. The molecular weight excluding hydrogens is 336 g/mol. The number of nitrogens with one attached hydrogen (secondary N) is 1. The standard InChI is InChI=1S/C19H28N2O3S/c1-25(22,23)21-13-8-18(9-14-21)17-2-4-19(5-3-17)24-15-10-16-6-11-20-12-7-16/h2-5,8,16,20H,6-7,9-15H2,1H3. The smallest absolute Gasteiger partial charge is 0.211 e. The molecule has 1 aromatic carbocycles. The van der Waals surface area contributed by atoms with E-state index in [4.69, 9.17) is 4.74 Å². The van der Waals surface area contributed by atoms with Crippen LogP contribution in [0.1, 0.15) is 31.2 Å². The van der Waals surface area contributed by atoms with E-state index in [0.29, 0.717) is 13.1 Å². The van der Waals surface area contributed by atoms with E-state index in [9.17, 15) is 8.42 Å². The van der Waals surface area contributed by atoms with Crippen molar-refractivity contribution in [3.8, 4) is 5.75 Å². The highest BCUT2D eigenvalue weighted by Crippen LogP contribution is 2.25. The van der Waals surface area contributed by atoms with Crippen molar-refractivity contribution in [2.75, 3.05) is 39.0 Å². The van der Waals surface area contributed by atoms with Gasteiger partial charge in [-0.1, -0.05) is 18.2 Å². The predicted molar refractivity (Wildman–Crippen MR) is 101 cm³/mol. The fourth-order valence-corrected chi connectivity index (χ4v) is 4.26. The van der Waals surface area contributed by atoms with Gasteiger partial charge >= 0.3 is 0 Å². The van der Waals surface area contributed by atoms with Gasteiger partial charge in [-0.15, -0.1) is 0 Å². The molecule has 0 atom stereocenters. The summed E-state index contributed by atoms with van der Waals surface area (Å²) in [4.78, 5) is 0. The van der Waals surface area contributed by atoms with Crippen LogP contribution in [0.5, 0.6) is 5.75 Å². The van der Waals surface area contributed by atoms with Gasteiger partial charge in [0, 0.05) is 13.1 Å². The van der Waals surface area contributed by atoms with E-state index in [-0.39, 0.29) is 0 Å². The summed E-state index contributed by atoms with van der Waals surface area (Å²) in [6.07, 6.45) is 7.65. The van der Waals surface area contributed by atoms with E-state index in [1.54, 1.807) is 0 Å². The molecule has 1 fully saturated rings. The van der Waals surface area contributed by atoms with E-state index in [2.05, 4.69) is 17.4 Å². The van der Waals surface area contributed by atoms with Gasteiger partial charge in [-0.2, -0.15) is 4.31 Å². The Bertz CT molecular complexity index is 692. The van der Waals surface area contributed by atoms with Gasteiger partial charge in [0.2, 0.25) is 10.0 Å². The summed E-state index contributed by atoms with van der Waals surface area (Å²) in [5.41, 5.74) is 2.36.